The van der Waals surface area contributed by atoms with E-state index >= 15 is 0 Å². The van der Waals surface area contributed by atoms with Gasteiger partial charge in [-0.25, -0.2) is 0 Å². The number of aliphatic hydroxyl groups excluding tert-OH is 3. The molecular formula is C16H22O6. The van der Waals surface area contributed by atoms with E-state index in [1.807, 2.05) is 13.8 Å². The Balaban J connectivity index is 1.99. The molecule has 1 unspecified atom stereocenters. The number of fused-ring (bicyclic) bond motifs is 2. The Morgan fingerprint density at radius 3 is 2.55 bits per heavy atom. The summed E-state index contributed by atoms with van der Waals surface area (Å²) < 4.78 is 11.9. The third-order valence-corrected chi connectivity index (χ3v) is 7.06. The molecule has 2 saturated heterocycles. The van der Waals surface area contributed by atoms with E-state index < -0.39 is 52.7 Å². The van der Waals surface area contributed by atoms with Gasteiger partial charge in [-0.15, -0.1) is 0 Å². The van der Waals surface area contributed by atoms with E-state index in [-0.39, 0.29) is 0 Å². The molecule has 1 spiro atoms. The molecule has 122 valence electrons. The lowest BCUT2D eigenvalue weighted by molar-refractivity contribution is -0.276. The van der Waals surface area contributed by atoms with Gasteiger partial charge in [-0.1, -0.05) is 6.92 Å². The summed E-state index contributed by atoms with van der Waals surface area (Å²) in [5, 5.41) is 31.6. The Labute approximate surface area is 128 Å². The van der Waals surface area contributed by atoms with Gasteiger partial charge in [0.25, 0.3) is 0 Å². The predicted molar refractivity (Wildman–Crippen MR) is 75.0 cm³/mol. The van der Waals surface area contributed by atoms with Gasteiger partial charge >= 0.3 is 0 Å². The number of Topliss-reactive ketones (excluding diaryl/α,β-unsaturated/α-hetero) is 1. The van der Waals surface area contributed by atoms with Gasteiger partial charge in [0.2, 0.25) is 0 Å². The van der Waals surface area contributed by atoms with E-state index in [2.05, 4.69) is 0 Å². The normalized spacial score (nSPS) is 59.5. The first-order valence-corrected chi connectivity index (χ1v) is 7.71. The van der Waals surface area contributed by atoms with Gasteiger partial charge in [-0.05, 0) is 31.9 Å². The Kier molecular flexibility index (Phi) is 2.56. The Hall–Kier alpha value is -0.790. The largest absolute Gasteiger partial charge is 0.396 e. The van der Waals surface area contributed by atoms with Crippen molar-refractivity contribution in [2.45, 2.75) is 56.7 Å². The zero-order valence-electron chi connectivity index (χ0n) is 13.0. The van der Waals surface area contributed by atoms with Gasteiger partial charge in [-0.2, -0.15) is 0 Å². The number of aliphatic hydroxyl groups is 3. The summed E-state index contributed by atoms with van der Waals surface area (Å²) in [6, 6.07) is 0. The molecule has 0 aromatic rings. The zero-order chi connectivity index (χ0) is 16.1. The fourth-order valence-corrected chi connectivity index (χ4v) is 5.41. The SMILES string of the molecule is CC1=C[C@H]2OC3(C)[C@H](O)C[C@](C)([C@@]2(CO)[C@H](O)C1=O)[C@]31CO1. The molecule has 1 saturated carbocycles. The second-order valence-corrected chi connectivity index (χ2v) is 7.63. The number of carbonyl (C=O) groups is 1. The highest BCUT2D eigenvalue weighted by Crippen LogP contribution is 2.74. The molecular weight excluding hydrogens is 288 g/mol. The summed E-state index contributed by atoms with van der Waals surface area (Å²) in [4.78, 5) is 12.4. The molecule has 22 heavy (non-hydrogen) atoms. The monoisotopic (exact) mass is 310 g/mol. The van der Waals surface area contributed by atoms with E-state index in [9.17, 15) is 20.1 Å². The summed E-state index contributed by atoms with van der Waals surface area (Å²) >= 11 is 0. The zero-order valence-corrected chi connectivity index (χ0v) is 13.0. The minimum Gasteiger partial charge on any atom is -0.396 e. The van der Waals surface area contributed by atoms with Crippen molar-refractivity contribution in [2.24, 2.45) is 10.8 Å². The van der Waals surface area contributed by atoms with Crippen LogP contribution in [-0.4, -0.2) is 63.8 Å². The van der Waals surface area contributed by atoms with Crippen molar-refractivity contribution in [1.82, 2.24) is 0 Å². The molecule has 2 bridgehead atoms. The Bertz CT molecular complexity index is 595. The van der Waals surface area contributed by atoms with Crippen molar-refractivity contribution in [2.75, 3.05) is 13.2 Å². The maximum Gasteiger partial charge on any atom is 0.187 e. The first-order valence-electron chi connectivity index (χ1n) is 7.71. The molecule has 0 radical (unpaired) electrons. The van der Waals surface area contributed by atoms with Crippen LogP contribution in [0, 0.1) is 10.8 Å². The van der Waals surface area contributed by atoms with Crippen LogP contribution in [-0.2, 0) is 14.3 Å². The van der Waals surface area contributed by atoms with Crippen LogP contribution < -0.4 is 0 Å². The van der Waals surface area contributed by atoms with Crippen LogP contribution in [0.4, 0.5) is 0 Å². The van der Waals surface area contributed by atoms with E-state index in [1.54, 1.807) is 13.0 Å². The van der Waals surface area contributed by atoms with Crippen LogP contribution in [0.15, 0.2) is 11.6 Å². The number of ketones is 1. The van der Waals surface area contributed by atoms with Crippen LogP contribution in [0.1, 0.15) is 27.2 Å². The van der Waals surface area contributed by atoms with Crippen LogP contribution in [0.25, 0.3) is 0 Å². The molecule has 6 heteroatoms. The number of hydrogen-bond donors (Lipinski definition) is 3. The van der Waals surface area contributed by atoms with Crippen molar-refractivity contribution in [3.05, 3.63) is 11.6 Å². The van der Waals surface area contributed by atoms with Crippen molar-refractivity contribution in [1.29, 1.82) is 0 Å². The molecule has 2 aliphatic heterocycles. The molecule has 6 nitrogen and oxygen atoms in total. The van der Waals surface area contributed by atoms with Crippen molar-refractivity contribution in [3.63, 3.8) is 0 Å². The number of rotatable bonds is 1. The summed E-state index contributed by atoms with van der Waals surface area (Å²) in [6.45, 7) is 5.35. The Morgan fingerprint density at radius 2 is 2.00 bits per heavy atom. The predicted octanol–water partition coefficient (Wildman–Crippen LogP) is -0.448. The van der Waals surface area contributed by atoms with E-state index in [1.165, 1.54) is 0 Å². The first kappa shape index (κ1) is 14.8. The fraction of sp³-hybridized carbons (Fsp3) is 0.812. The van der Waals surface area contributed by atoms with Gasteiger partial charge in [-0.3, -0.25) is 4.79 Å². The standard InChI is InChI=1S/C16H22O6/c1-8-4-10-15(6-17,12(20)11(8)19)13(2)5-9(18)14(3,22-10)16(13)7-21-16/h4,9-10,12,17-18,20H,5-7H2,1-3H3/t9-,10-,12-,13-,14?,15-,16-/m1/s1. The van der Waals surface area contributed by atoms with Gasteiger partial charge in [0.05, 0.1) is 30.8 Å². The quantitative estimate of drug-likeness (QED) is 0.568. The maximum absolute atomic E-state index is 12.4. The van der Waals surface area contributed by atoms with Crippen molar-refractivity contribution < 1.29 is 29.6 Å². The fourth-order valence-electron chi connectivity index (χ4n) is 5.41. The first-order chi connectivity index (χ1) is 10.2. The minimum atomic E-state index is -1.37. The topological polar surface area (TPSA) is 99.5 Å². The summed E-state index contributed by atoms with van der Waals surface area (Å²) in [7, 11) is 0. The molecule has 0 aromatic heterocycles. The molecule has 0 amide bonds. The van der Waals surface area contributed by atoms with Crippen LogP contribution in [0.3, 0.4) is 0 Å². The van der Waals surface area contributed by atoms with E-state index in [0.717, 1.165) is 0 Å². The molecule has 0 aromatic carbocycles. The van der Waals surface area contributed by atoms with Crippen LogP contribution in [0.5, 0.6) is 0 Å². The number of carbonyl (C=O) groups excluding carboxylic acids is 1. The van der Waals surface area contributed by atoms with E-state index in [0.29, 0.717) is 18.6 Å². The van der Waals surface area contributed by atoms with Gasteiger partial charge in [0, 0.05) is 5.41 Å². The highest BCUT2D eigenvalue weighted by atomic mass is 16.6. The second kappa shape index (κ2) is 3.82. The lowest BCUT2D eigenvalue weighted by Crippen LogP contribution is -2.73. The molecule has 2 heterocycles. The molecule has 2 aliphatic carbocycles. The highest BCUT2D eigenvalue weighted by molar-refractivity contribution is 6.00. The lowest BCUT2D eigenvalue weighted by Gasteiger charge is -2.60. The summed E-state index contributed by atoms with van der Waals surface area (Å²) in [6.07, 6.45) is -0.780. The molecule has 3 fully saturated rings. The number of epoxide rings is 1. The molecule has 4 rings (SSSR count). The van der Waals surface area contributed by atoms with Crippen LogP contribution in [0.2, 0.25) is 0 Å². The Morgan fingerprint density at radius 1 is 1.36 bits per heavy atom. The molecule has 3 N–H and O–H groups in total. The summed E-state index contributed by atoms with van der Waals surface area (Å²) in [5.41, 5.74) is -3.19. The number of ether oxygens (including phenoxy) is 2. The van der Waals surface area contributed by atoms with Gasteiger partial charge < -0.3 is 24.8 Å². The second-order valence-electron chi connectivity index (χ2n) is 7.63. The highest BCUT2D eigenvalue weighted by Gasteiger charge is 2.87. The van der Waals surface area contributed by atoms with Gasteiger partial charge in [0.1, 0.15) is 17.3 Å². The average molecular weight is 310 g/mol. The summed E-state index contributed by atoms with van der Waals surface area (Å²) in [5.74, 6) is -0.393. The van der Waals surface area contributed by atoms with E-state index in [4.69, 9.17) is 9.47 Å². The van der Waals surface area contributed by atoms with Crippen molar-refractivity contribution >= 4 is 5.78 Å². The smallest absolute Gasteiger partial charge is 0.187 e. The average Bonchev–Trinajstić information content (AvgIpc) is 3.24. The third-order valence-electron chi connectivity index (χ3n) is 7.06. The minimum absolute atomic E-state index is 0.317. The van der Waals surface area contributed by atoms with Gasteiger partial charge in [0.15, 0.2) is 5.78 Å². The maximum atomic E-state index is 12.4. The molecule has 7 atom stereocenters. The molecule has 4 aliphatic rings. The third kappa shape index (κ3) is 1.16. The lowest BCUT2D eigenvalue weighted by atomic mass is 9.49. The van der Waals surface area contributed by atoms with Crippen LogP contribution >= 0.6 is 0 Å². The number of hydrogen-bond acceptors (Lipinski definition) is 6. The van der Waals surface area contributed by atoms with Crippen molar-refractivity contribution in [3.8, 4) is 0 Å².